The molecule has 5 nitrogen and oxygen atoms in total. The Bertz CT molecular complexity index is 702. The number of hydrogen-bond donors (Lipinski definition) is 0. The summed E-state index contributed by atoms with van der Waals surface area (Å²) in [6.07, 6.45) is 9.00. The number of hydrogen-bond acceptors (Lipinski definition) is 6. The molecule has 25 heavy (non-hydrogen) atoms. The molecule has 0 spiro atoms. The normalized spacial score (nSPS) is 15.6. The first kappa shape index (κ1) is 18.1. The summed E-state index contributed by atoms with van der Waals surface area (Å²) < 4.78 is 10.8. The van der Waals surface area contributed by atoms with Gasteiger partial charge in [0.25, 0.3) is 0 Å². The van der Waals surface area contributed by atoms with Gasteiger partial charge >= 0.3 is 0 Å². The Balaban J connectivity index is 1.78. The third kappa shape index (κ3) is 4.11. The first-order valence-electron chi connectivity index (χ1n) is 8.87. The average Bonchev–Trinajstić information content (AvgIpc) is 2.67. The first-order chi connectivity index (χ1) is 12.3. The van der Waals surface area contributed by atoms with Crippen LogP contribution in [-0.4, -0.2) is 49.3 Å². The Labute approximate surface area is 154 Å². The van der Waals surface area contributed by atoms with Gasteiger partial charge in [-0.2, -0.15) is 11.8 Å². The van der Waals surface area contributed by atoms with Crippen LogP contribution in [0.3, 0.4) is 0 Å². The predicted octanol–water partition coefficient (Wildman–Crippen LogP) is 4.01. The van der Waals surface area contributed by atoms with Crippen molar-refractivity contribution in [3.63, 3.8) is 0 Å². The van der Waals surface area contributed by atoms with E-state index in [-0.39, 0.29) is 0 Å². The van der Waals surface area contributed by atoms with Crippen molar-refractivity contribution in [2.24, 2.45) is 5.92 Å². The molecule has 0 unspecified atom stereocenters. The maximum Gasteiger partial charge on any atom is 0.162 e. The molecule has 2 heterocycles. The maximum absolute atomic E-state index is 5.46. The van der Waals surface area contributed by atoms with Gasteiger partial charge in [0, 0.05) is 24.5 Å². The molecule has 0 amide bonds. The van der Waals surface area contributed by atoms with Crippen molar-refractivity contribution in [3.8, 4) is 11.5 Å². The van der Waals surface area contributed by atoms with E-state index >= 15 is 0 Å². The number of ether oxygens (including phenoxy) is 2. The number of benzene rings is 1. The molecule has 6 heteroatoms. The molecule has 1 saturated heterocycles. The van der Waals surface area contributed by atoms with Crippen molar-refractivity contribution in [2.45, 2.75) is 25.7 Å². The summed E-state index contributed by atoms with van der Waals surface area (Å²) in [5.41, 5.74) is 0.893. The van der Waals surface area contributed by atoms with E-state index in [0.717, 1.165) is 41.5 Å². The van der Waals surface area contributed by atoms with Gasteiger partial charge < -0.3 is 14.4 Å². The van der Waals surface area contributed by atoms with Crippen molar-refractivity contribution in [1.29, 1.82) is 0 Å². The third-order valence-corrected chi connectivity index (χ3v) is 5.69. The highest BCUT2D eigenvalue weighted by Crippen LogP contribution is 2.36. The number of piperidine rings is 1. The minimum absolute atomic E-state index is 0.701. The number of methoxy groups -OCH3 is 2. The van der Waals surface area contributed by atoms with E-state index in [1.807, 2.05) is 23.9 Å². The summed E-state index contributed by atoms with van der Waals surface area (Å²) in [4.78, 5) is 11.4. The van der Waals surface area contributed by atoms with Crippen LogP contribution >= 0.6 is 11.8 Å². The highest BCUT2D eigenvalue weighted by atomic mass is 32.2. The molecule has 0 aliphatic carbocycles. The van der Waals surface area contributed by atoms with Crippen LogP contribution in [0.2, 0.25) is 0 Å². The van der Waals surface area contributed by atoms with Gasteiger partial charge in [-0.05, 0) is 49.7 Å². The van der Waals surface area contributed by atoms with Gasteiger partial charge in [-0.15, -0.1) is 0 Å². The molecular weight excluding hydrogens is 334 g/mol. The van der Waals surface area contributed by atoms with Crippen LogP contribution in [0, 0.1) is 5.92 Å². The number of thioether (sulfide) groups is 1. The molecule has 136 valence electrons. The smallest absolute Gasteiger partial charge is 0.162 e. The van der Waals surface area contributed by atoms with Gasteiger partial charge in [0.05, 0.1) is 19.7 Å². The molecule has 0 saturated carbocycles. The second-order valence-corrected chi connectivity index (χ2v) is 7.47. The number of aromatic nitrogens is 2. The topological polar surface area (TPSA) is 47.5 Å². The number of anilines is 1. The van der Waals surface area contributed by atoms with E-state index < -0.39 is 0 Å². The van der Waals surface area contributed by atoms with Crippen LogP contribution in [0.25, 0.3) is 10.9 Å². The standard InChI is InChI=1S/C19H27N3O2S/c1-23-17-11-15-16(12-18(17)24-2)20-13-21-19(15)22-8-6-14(7-9-22)5-4-10-25-3/h11-14H,4-10H2,1-3H3. The number of fused-ring (bicyclic) bond motifs is 1. The zero-order valence-electron chi connectivity index (χ0n) is 15.3. The fraction of sp³-hybridized carbons (Fsp3) is 0.579. The Kier molecular flexibility index (Phi) is 6.24. The lowest BCUT2D eigenvalue weighted by Gasteiger charge is -2.33. The Morgan fingerprint density at radius 1 is 1.12 bits per heavy atom. The van der Waals surface area contributed by atoms with E-state index in [4.69, 9.17) is 9.47 Å². The minimum Gasteiger partial charge on any atom is -0.493 e. The molecule has 1 aliphatic rings. The zero-order chi connectivity index (χ0) is 17.6. The predicted molar refractivity (Wildman–Crippen MR) is 105 cm³/mol. The SMILES string of the molecule is COc1cc2ncnc(N3CCC(CCCSC)CC3)c2cc1OC. The second-order valence-electron chi connectivity index (χ2n) is 6.49. The van der Waals surface area contributed by atoms with Crippen molar-refractivity contribution >= 4 is 28.5 Å². The van der Waals surface area contributed by atoms with Crippen LogP contribution in [-0.2, 0) is 0 Å². The van der Waals surface area contributed by atoms with Crippen LogP contribution in [0.4, 0.5) is 5.82 Å². The van der Waals surface area contributed by atoms with E-state index in [0.29, 0.717) is 5.75 Å². The molecule has 0 atom stereocenters. The summed E-state index contributed by atoms with van der Waals surface area (Å²) in [6.45, 7) is 2.12. The summed E-state index contributed by atoms with van der Waals surface area (Å²) >= 11 is 1.95. The van der Waals surface area contributed by atoms with Crippen molar-refractivity contribution < 1.29 is 9.47 Å². The van der Waals surface area contributed by atoms with Gasteiger partial charge in [-0.3, -0.25) is 0 Å². The minimum atomic E-state index is 0.701. The Morgan fingerprint density at radius 2 is 1.84 bits per heavy atom. The maximum atomic E-state index is 5.46. The molecule has 0 bridgehead atoms. The molecular formula is C19H27N3O2S. The summed E-state index contributed by atoms with van der Waals surface area (Å²) in [6, 6.07) is 3.92. The van der Waals surface area contributed by atoms with Gasteiger partial charge in [0.15, 0.2) is 11.5 Å². The quantitative estimate of drug-likeness (QED) is 0.695. The highest BCUT2D eigenvalue weighted by Gasteiger charge is 2.22. The molecule has 2 aromatic rings. The first-order valence-corrected chi connectivity index (χ1v) is 10.3. The molecule has 1 aromatic carbocycles. The third-order valence-electron chi connectivity index (χ3n) is 4.99. The largest absolute Gasteiger partial charge is 0.493 e. The lowest BCUT2D eigenvalue weighted by atomic mass is 9.92. The lowest BCUT2D eigenvalue weighted by molar-refractivity contribution is 0.355. The van der Waals surface area contributed by atoms with Crippen LogP contribution < -0.4 is 14.4 Å². The van der Waals surface area contributed by atoms with Crippen LogP contribution in [0.5, 0.6) is 11.5 Å². The molecule has 1 aliphatic heterocycles. The van der Waals surface area contributed by atoms with E-state index in [1.165, 1.54) is 31.4 Å². The average molecular weight is 362 g/mol. The highest BCUT2D eigenvalue weighted by molar-refractivity contribution is 7.98. The molecule has 1 aromatic heterocycles. The van der Waals surface area contributed by atoms with E-state index in [1.54, 1.807) is 20.5 Å². The van der Waals surface area contributed by atoms with Gasteiger partial charge in [0.2, 0.25) is 0 Å². The molecule has 0 N–H and O–H groups in total. The summed E-state index contributed by atoms with van der Waals surface area (Å²) in [5, 5.41) is 1.03. The molecule has 3 rings (SSSR count). The van der Waals surface area contributed by atoms with Crippen molar-refractivity contribution in [3.05, 3.63) is 18.5 Å². The Hall–Kier alpha value is -1.69. The van der Waals surface area contributed by atoms with Crippen molar-refractivity contribution in [1.82, 2.24) is 9.97 Å². The van der Waals surface area contributed by atoms with Gasteiger partial charge in [-0.1, -0.05) is 0 Å². The zero-order valence-corrected chi connectivity index (χ0v) is 16.1. The van der Waals surface area contributed by atoms with Gasteiger partial charge in [0.1, 0.15) is 12.1 Å². The van der Waals surface area contributed by atoms with E-state index in [9.17, 15) is 0 Å². The monoisotopic (exact) mass is 361 g/mol. The van der Waals surface area contributed by atoms with Crippen molar-refractivity contribution in [2.75, 3.05) is 44.2 Å². The summed E-state index contributed by atoms with van der Waals surface area (Å²) in [7, 11) is 3.31. The van der Waals surface area contributed by atoms with Crippen LogP contribution in [0.15, 0.2) is 18.5 Å². The number of rotatable bonds is 7. The van der Waals surface area contributed by atoms with Gasteiger partial charge in [-0.25, -0.2) is 9.97 Å². The van der Waals surface area contributed by atoms with Crippen LogP contribution in [0.1, 0.15) is 25.7 Å². The van der Waals surface area contributed by atoms with E-state index in [2.05, 4.69) is 21.1 Å². The Morgan fingerprint density at radius 3 is 2.52 bits per heavy atom. The lowest BCUT2D eigenvalue weighted by Crippen LogP contribution is -2.34. The molecule has 1 fully saturated rings. The second kappa shape index (κ2) is 8.61. The fourth-order valence-corrected chi connectivity index (χ4v) is 4.03. The number of nitrogens with zero attached hydrogens (tertiary/aromatic N) is 3. The molecule has 0 radical (unpaired) electrons. The fourth-order valence-electron chi connectivity index (χ4n) is 3.57. The summed E-state index contributed by atoms with van der Waals surface area (Å²) in [5.74, 6) is 4.56.